The highest BCUT2D eigenvalue weighted by atomic mass is 32.1. The van der Waals surface area contributed by atoms with E-state index in [1.807, 2.05) is 28.5 Å². The molecule has 0 aromatic carbocycles. The van der Waals surface area contributed by atoms with E-state index in [4.69, 9.17) is 0 Å². The number of rotatable bonds is 3. The summed E-state index contributed by atoms with van der Waals surface area (Å²) in [4.78, 5) is 23.2. The number of carbonyl (C=O) groups excluding carboxylic acids is 1. The van der Waals surface area contributed by atoms with Crippen LogP contribution in [0.15, 0.2) is 29.8 Å². The highest BCUT2D eigenvalue weighted by molar-refractivity contribution is 7.13. The molecule has 1 fully saturated rings. The summed E-state index contributed by atoms with van der Waals surface area (Å²) < 4.78 is 0. The van der Waals surface area contributed by atoms with Crippen molar-refractivity contribution >= 4 is 17.2 Å². The van der Waals surface area contributed by atoms with Gasteiger partial charge in [-0.2, -0.15) is 0 Å². The average molecular weight is 301 g/mol. The molecule has 2 aromatic heterocycles. The van der Waals surface area contributed by atoms with E-state index in [0.717, 1.165) is 35.8 Å². The Hall–Kier alpha value is -1.75. The zero-order valence-corrected chi connectivity index (χ0v) is 13.0. The summed E-state index contributed by atoms with van der Waals surface area (Å²) in [6.07, 6.45) is 5.62. The van der Waals surface area contributed by atoms with Gasteiger partial charge in [-0.05, 0) is 38.3 Å². The first kappa shape index (κ1) is 14.2. The second-order valence-corrected chi connectivity index (χ2v) is 6.33. The van der Waals surface area contributed by atoms with Crippen LogP contribution >= 0.6 is 11.3 Å². The molecule has 0 bridgehead atoms. The van der Waals surface area contributed by atoms with Gasteiger partial charge in [-0.3, -0.25) is 9.78 Å². The Labute approximate surface area is 128 Å². The van der Waals surface area contributed by atoms with Crippen LogP contribution in [0, 0.1) is 0 Å². The number of piperidine rings is 1. The predicted octanol–water partition coefficient (Wildman–Crippen LogP) is 3.15. The molecule has 5 heteroatoms. The van der Waals surface area contributed by atoms with Crippen molar-refractivity contribution in [1.82, 2.24) is 14.9 Å². The second-order valence-electron chi connectivity index (χ2n) is 5.47. The fourth-order valence-corrected chi connectivity index (χ4v) is 3.52. The fraction of sp³-hybridized carbons (Fsp3) is 0.438. The molecule has 0 spiro atoms. The number of likely N-dealkylation sites (tertiary alicyclic amines) is 1. The minimum absolute atomic E-state index is 0.195. The first-order chi connectivity index (χ1) is 10.2. The lowest BCUT2D eigenvalue weighted by molar-refractivity contribution is -0.133. The van der Waals surface area contributed by atoms with E-state index in [2.05, 4.69) is 16.9 Å². The summed E-state index contributed by atoms with van der Waals surface area (Å²) in [5.74, 6) is 0.195. The largest absolute Gasteiger partial charge is 0.340 e. The van der Waals surface area contributed by atoms with Crippen molar-refractivity contribution < 1.29 is 4.79 Å². The summed E-state index contributed by atoms with van der Waals surface area (Å²) in [7, 11) is 0. The Bertz CT molecular complexity index is 611. The molecule has 110 valence electrons. The summed E-state index contributed by atoms with van der Waals surface area (Å²) in [5.41, 5.74) is 1.72. The van der Waals surface area contributed by atoms with Crippen LogP contribution in [-0.4, -0.2) is 33.4 Å². The van der Waals surface area contributed by atoms with Crippen LogP contribution in [0.5, 0.6) is 0 Å². The van der Waals surface area contributed by atoms with Crippen molar-refractivity contribution in [3.05, 3.63) is 35.5 Å². The number of aromatic nitrogens is 2. The van der Waals surface area contributed by atoms with E-state index >= 15 is 0 Å². The van der Waals surface area contributed by atoms with Crippen LogP contribution in [0.3, 0.4) is 0 Å². The lowest BCUT2D eigenvalue weighted by atomic mass is 10.0. The Balaban J connectivity index is 1.68. The molecule has 4 nitrogen and oxygen atoms in total. The molecule has 3 rings (SSSR count). The third-order valence-electron chi connectivity index (χ3n) is 3.89. The number of hydrogen-bond donors (Lipinski definition) is 0. The molecule has 1 atom stereocenters. The van der Waals surface area contributed by atoms with Gasteiger partial charge in [0.15, 0.2) is 0 Å². The van der Waals surface area contributed by atoms with Gasteiger partial charge in [0.1, 0.15) is 5.01 Å². The maximum Gasteiger partial charge on any atom is 0.228 e. The molecule has 1 aliphatic heterocycles. The summed E-state index contributed by atoms with van der Waals surface area (Å²) >= 11 is 1.55. The van der Waals surface area contributed by atoms with Gasteiger partial charge in [-0.15, -0.1) is 11.3 Å². The lowest BCUT2D eigenvalue weighted by Gasteiger charge is -2.33. The quantitative estimate of drug-likeness (QED) is 0.875. The second kappa shape index (κ2) is 6.35. The average Bonchev–Trinajstić information content (AvgIpc) is 2.97. The van der Waals surface area contributed by atoms with Gasteiger partial charge < -0.3 is 4.90 Å². The van der Waals surface area contributed by atoms with Crippen LogP contribution < -0.4 is 0 Å². The molecule has 0 aliphatic carbocycles. The molecular formula is C16H19N3OS. The smallest absolute Gasteiger partial charge is 0.228 e. The SMILES string of the molecule is C[C@H]1CCCCN1C(=O)Cc1csc(-c2ccccn2)n1. The van der Waals surface area contributed by atoms with Crippen molar-refractivity contribution in [3.8, 4) is 10.7 Å². The summed E-state index contributed by atoms with van der Waals surface area (Å²) in [6, 6.07) is 6.14. The molecule has 1 aliphatic rings. The first-order valence-corrected chi connectivity index (χ1v) is 8.27. The fourth-order valence-electron chi connectivity index (χ4n) is 2.72. The highest BCUT2D eigenvalue weighted by Crippen LogP contribution is 2.23. The Kier molecular flexibility index (Phi) is 4.29. The van der Waals surface area contributed by atoms with E-state index in [9.17, 15) is 4.79 Å². The van der Waals surface area contributed by atoms with E-state index in [-0.39, 0.29) is 5.91 Å². The Morgan fingerprint density at radius 1 is 1.43 bits per heavy atom. The van der Waals surface area contributed by atoms with Gasteiger partial charge in [-0.1, -0.05) is 6.07 Å². The predicted molar refractivity (Wildman–Crippen MR) is 84.1 cm³/mol. The van der Waals surface area contributed by atoms with Gasteiger partial charge in [0.05, 0.1) is 17.8 Å². The minimum Gasteiger partial charge on any atom is -0.340 e. The van der Waals surface area contributed by atoms with Gasteiger partial charge in [0, 0.05) is 24.2 Å². The summed E-state index contributed by atoms with van der Waals surface area (Å²) in [6.45, 7) is 3.02. The third-order valence-corrected chi connectivity index (χ3v) is 4.81. The minimum atomic E-state index is 0.195. The third kappa shape index (κ3) is 3.29. The number of nitrogens with zero attached hydrogens (tertiary/aromatic N) is 3. The molecule has 1 amide bonds. The zero-order chi connectivity index (χ0) is 14.7. The van der Waals surface area contributed by atoms with Crippen LogP contribution in [0.4, 0.5) is 0 Å². The number of carbonyl (C=O) groups is 1. The molecule has 2 aromatic rings. The number of hydrogen-bond acceptors (Lipinski definition) is 4. The van der Waals surface area contributed by atoms with Crippen LogP contribution in [0.25, 0.3) is 10.7 Å². The van der Waals surface area contributed by atoms with E-state index in [0.29, 0.717) is 12.5 Å². The highest BCUT2D eigenvalue weighted by Gasteiger charge is 2.23. The number of thiazole rings is 1. The molecular weight excluding hydrogens is 282 g/mol. The van der Waals surface area contributed by atoms with Crippen molar-refractivity contribution in [1.29, 1.82) is 0 Å². The maximum atomic E-state index is 12.4. The molecule has 0 saturated carbocycles. The van der Waals surface area contributed by atoms with Crippen molar-refractivity contribution in [2.45, 2.75) is 38.6 Å². The van der Waals surface area contributed by atoms with E-state index in [1.54, 1.807) is 17.5 Å². The van der Waals surface area contributed by atoms with E-state index in [1.165, 1.54) is 6.42 Å². The molecule has 1 saturated heterocycles. The molecule has 0 N–H and O–H groups in total. The first-order valence-electron chi connectivity index (χ1n) is 7.39. The monoisotopic (exact) mass is 301 g/mol. The lowest BCUT2D eigenvalue weighted by Crippen LogP contribution is -2.42. The molecule has 21 heavy (non-hydrogen) atoms. The van der Waals surface area contributed by atoms with Crippen molar-refractivity contribution in [3.63, 3.8) is 0 Å². The van der Waals surface area contributed by atoms with Gasteiger partial charge >= 0.3 is 0 Å². The zero-order valence-electron chi connectivity index (χ0n) is 12.2. The normalized spacial score (nSPS) is 18.7. The topological polar surface area (TPSA) is 46.1 Å². The van der Waals surface area contributed by atoms with Crippen LogP contribution in [-0.2, 0) is 11.2 Å². The molecule has 0 unspecified atom stereocenters. The van der Waals surface area contributed by atoms with Gasteiger partial charge in [0.2, 0.25) is 5.91 Å². The number of pyridine rings is 1. The standard InChI is InChI=1S/C16H19N3OS/c1-12-6-3-5-9-19(12)15(20)10-13-11-21-16(18-13)14-7-2-4-8-17-14/h2,4,7-8,11-12H,3,5-6,9-10H2,1H3/t12-/m0/s1. The summed E-state index contributed by atoms with van der Waals surface area (Å²) in [5, 5.41) is 2.85. The van der Waals surface area contributed by atoms with Crippen molar-refractivity contribution in [2.24, 2.45) is 0 Å². The molecule has 0 radical (unpaired) electrons. The van der Waals surface area contributed by atoms with Gasteiger partial charge in [0.25, 0.3) is 0 Å². The van der Waals surface area contributed by atoms with Crippen molar-refractivity contribution in [2.75, 3.05) is 6.54 Å². The molecule has 3 heterocycles. The van der Waals surface area contributed by atoms with Gasteiger partial charge in [-0.25, -0.2) is 4.98 Å². The Morgan fingerprint density at radius 2 is 2.33 bits per heavy atom. The van der Waals surface area contributed by atoms with E-state index < -0.39 is 0 Å². The number of amides is 1. The Morgan fingerprint density at radius 3 is 3.10 bits per heavy atom. The van der Waals surface area contributed by atoms with Crippen LogP contribution in [0.2, 0.25) is 0 Å². The van der Waals surface area contributed by atoms with Crippen LogP contribution in [0.1, 0.15) is 31.9 Å². The maximum absolute atomic E-state index is 12.4.